The van der Waals surface area contributed by atoms with Gasteiger partial charge in [-0.3, -0.25) is 20.2 Å². The van der Waals surface area contributed by atoms with Crippen LogP contribution >= 0.6 is 0 Å². The summed E-state index contributed by atoms with van der Waals surface area (Å²) in [5.41, 5.74) is 0.775. The second-order valence-corrected chi connectivity index (χ2v) is 5.82. The van der Waals surface area contributed by atoms with E-state index in [1.165, 1.54) is 32.4 Å². The Labute approximate surface area is 155 Å². The molecular weight excluding hydrogens is 353 g/mol. The maximum absolute atomic E-state index is 13.3. The van der Waals surface area contributed by atoms with Crippen LogP contribution in [0.15, 0.2) is 47.5 Å². The zero-order valence-corrected chi connectivity index (χ0v) is 14.8. The quantitative estimate of drug-likeness (QED) is 0.862. The number of nitrogens with zero attached hydrogens (tertiary/aromatic N) is 1. The number of nitrogens with one attached hydrogen (secondary N) is 2. The van der Waals surface area contributed by atoms with E-state index in [-0.39, 0.29) is 23.9 Å². The van der Waals surface area contributed by atoms with Gasteiger partial charge in [0.2, 0.25) is 11.9 Å². The van der Waals surface area contributed by atoms with Crippen molar-refractivity contribution in [2.45, 2.75) is 12.5 Å². The van der Waals surface area contributed by atoms with E-state index < -0.39 is 17.8 Å². The van der Waals surface area contributed by atoms with E-state index in [9.17, 15) is 14.0 Å². The minimum atomic E-state index is -0.577. The predicted octanol–water partition coefficient (Wildman–Crippen LogP) is 2.19. The summed E-state index contributed by atoms with van der Waals surface area (Å²) < 4.78 is 23.9. The van der Waals surface area contributed by atoms with E-state index in [1.54, 1.807) is 18.2 Å². The molecule has 1 atom stereocenters. The molecule has 2 aromatic rings. The van der Waals surface area contributed by atoms with E-state index in [0.29, 0.717) is 17.1 Å². The topological polar surface area (TPSA) is 89.0 Å². The van der Waals surface area contributed by atoms with Crippen LogP contribution in [0.2, 0.25) is 0 Å². The summed E-state index contributed by atoms with van der Waals surface area (Å²) in [6, 6.07) is 9.86. The van der Waals surface area contributed by atoms with E-state index in [1.807, 2.05) is 0 Å². The molecule has 0 spiro atoms. The van der Waals surface area contributed by atoms with Crippen LogP contribution in [0.3, 0.4) is 0 Å². The fourth-order valence-electron chi connectivity index (χ4n) is 2.74. The van der Waals surface area contributed by atoms with Crippen molar-refractivity contribution in [1.29, 1.82) is 0 Å². The monoisotopic (exact) mass is 371 g/mol. The third kappa shape index (κ3) is 4.22. The molecule has 7 nitrogen and oxygen atoms in total. The molecule has 0 aromatic heterocycles. The summed E-state index contributed by atoms with van der Waals surface area (Å²) in [4.78, 5) is 28.8. The first kappa shape index (κ1) is 18.4. The van der Waals surface area contributed by atoms with Gasteiger partial charge in [-0.05, 0) is 36.4 Å². The molecule has 2 aromatic carbocycles. The SMILES string of the molecule is COc1ccc(OC)c(C2CC(=O)NC(NC(=O)c3cccc(F)c3)=N2)c1. The first-order valence-corrected chi connectivity index (χ1v) is 8.16. The van der Waals surface area contributed by atoms with Gasteiger partial charge in [-0.15, -0.1) is 0 Å². The standard InChI is InChI=1S/C19H18FN3O4/c1-26-13-6-7-16(27-2)14(9-13)15-10-17(24)22-19(21-15)23-18(25)11-4-3-5-12(20)8-11/h3-9,15H,10H2,1-2H3,(H2,21,22,23,24,25). The predicted molar refractivity (Wildman–Crippen MR) is 96.3 cm³/mol. The summed E-state index contributed by atoms with van der Waals surface area (Å²) in [5.74, 6) is -0.278. The smallest absolute Gasteiger partial charge is 0.258 e. The van der Waals surface area contributed by atoms with Crippen LogP contribution in [-0.2, 0) is 4.79 Å². The molecule has 140 valence electrons. The highest BCUT2D eigenvalue weighted by Crippen LogP contribution is 2.34. The minimum Gasteiger partial charge on any atom is -0.497 e. The molecule has 0 radical (unpaired) electrons. The molecule has 8 heteroatoms. The van der Waals surface area contributed by atoms with Crippen molar-refractivity contribution in [2.24, 2.45) is 4.99 Å². The van der Waals surface area contributed by atoms with Crippen molar-refractivity contribution in [2.75, 3.05) is 14.2 Å². The Balaban J connectivity index is 1.88. The van der Waals surface area contributed by atoms with Gasteiger partial charge in [0.25, 0.3) is 5.91 Å². The van der Waals surface area contributed by atoms with E-state index in [2.05, 4.69) is 15.6 Å². The summed E-state index contributed by atoms with van der Waals surface area (Å²) in [6.07, 6.45) is 0.0862. The number of amides is 2. The second kappa shape index (κ2) is 7.86. The Morgan fingerprint density at radius 2 is 2.04 bits per heavy atom. The van der Waals surface area contributed by atoms with Crippen molar-refractivity contribution in [1.82, 2.24) is 10.6 Å². The van der Waals surface area contributed by atoms with Crippen LogP contribution in [0.4, 0.5) is 4.39 Å². The Morgan fingerprint density at radius 1 is 1.22 bits per heavy atom. The van der Waals surface area contributed by atoms with Gasteiger partial charge in [-0.2, -0.15) is 0 Å². The molecule has 0 saturated carbocycles. The number of carbonyl (C=O) groups is 2. The number of carbonyl (C=O) groups excluding carboxylic acids is 2. The molecule has 1 aliphatic heterocycles. The zero-order chi connectivity index (χ0) is 19.4. The number of hydrogen-bond donors (Lipinski definition) is 2. The third-order valence-electron chi connectivity index (χ3n) is 4.04. The highest BCUT2D eigenvalue weighted by molar-refractivity contribution is 6.10. The zero-order valence-electron chi connectivity index (χ0n) is 14.8. The third-order valence-corrected chi connectivity index (χ3v) is 4.04. The highest BCUT2D eigenvalue weighted by Gasteiger charge is 2.26. The van der Waals surface area contributed by atoms with Crippen molar-refractivity contribution >= 4 is 17.8 Å². The number of aliphatic imine (C=N–C) groups is 1. The Kier molecular flexibility index (Phi) is 5.35. The maximum Gasteiger partial charge on any atom is 0.258 e. The number of hydrogen-bond acceptors (Lipinski definition) is 5. The molecule has 3 rings (SSSR count). The molecule has 0 bridgehead atoms. The molecule has 27 heavy (non-hydrogen) atoms. The van der Waals surface area contributed by atoms with Gasteiger partial charge < -0.3 is 9.47 Å². The van der Waals surface area contributed by atoms with Crippen LogP contribution in [0, 0.1) is 5.82 Å². The Hall–Kier alpha value is -3.42. The molecule has 1 heterocycles. The average molecular weight is 371 g/mol. The molecule has 2 amide bonds. The van der Waals surface area contributed by atoms with Crippen LogP contribution in [0.25, 0.3) is 0 Å². The second-order valence-electron chi connectivity index (χ2n) is 5.82. The van der Waals surface area contributed by atoms with Gasteiger partial charge in [-0.1, -0.05) is 6.07 Å². The van der Waals surface area contributed by atoms with Gasteiger partial charge in [0.15, 0.2) is 0 Å². The molecular formula is C19H18FN3O4. The number of halogens is 1. The molecule has 2 N–H and O–H groups in total. The number of rotatable bonds is 4. The first-order valence-electron chi connectivity index (χ1n) is 8.16. The number of guanidine groups is 1. The van der Waals surface area contributed by atoms with Crippen LogP contribution in [0.5, 0.6) is 11.5 Å². The van der Waals surface area contributed by atoms with Crippen molar-refractivity contribution in [3.63, 3.8) is 0 Å². The van der Waals surface area contributed by atoms with Crippen LogP contribution in [0.1, 0.15) is 28.4 Å². The average Bonchev–Trinajstić information content (AvgIpc) is 2.67. The highest BCUT2D eigenvalue weighted by atomic mass is 19.1. The van der Waals surface area contributed by atoms with Crippen molar-refractivity contribution in [3.05, 3.63) is 59.4 Å². The van der Waals surface area contributed by atoms with Gasteiger partial charge in [-0.25, -0.2) is 9.38 Å². The van der Waals surface area contributed by atoms with Gasteiger partial charge in [0.05, 0.1) is 26.7 Å². The summed E-state index contributed by atoms with van der Waals surface area (Å²) in [5, 5.41) is 5.01. The lowest BCUT2D eigenvalue weighted by Gasteiger charge is -2.23. The van der Waals surface area contributed by atoms with Crippen LogP contribution in [-0.4, -0.2) is 32.0 Å². The molecule has 0 fully saturated rings. The summed E-state index contributed by atoms with van der Waals surface area (Å²) in [7, 11) is 3.05. The Bertz CT molecular complexity index is 914. The molecule has 0 saturated heterocycles. The molecule has 1 unspecified atom stereocenters. The van der Waals surface area contributed by atoms with Gasteiger partial charge in [0, 0.05) is 11.1 Å². The van der Waals surface area contributed by atoms with Gasteiger partial charge >= 0.3 is 0 Å². The lowest BCUT2D eigenvalue weighted by atomic mass is 10.0. The maximum atomic E-state index is 13.3. The van der Waals surface area contributed by atoms with Gasteiger partial charge in [0.1, 0.15) is 17.3 Å². The summed E-state index contributed by atoms with van der Waals surface area (Å²) in [6.45, 7) is 0. The molecule has 1 aliphatic rings. The number of methoxy groups -OCH3 is 2. The van der Waals surface area contributed by atoms with E-state index in [4.69, 9.17) is 9.47 Å². The Morgan fingerprint density at radius 3 is 2.74 bits per heavy atom. The minimum absolute atomic E-state index is 0.00427. The normalized spacial score (nSPS) is 16.2. The number of ether oxygens (including phenoxy) is 2. The fraction of sp³-hybridized carbons (Fsp3) is 0.211. The largest absolute Gasteiger partial charge is 0.497 e. The van der Waals surface area contributed by atoms with E-state index >= 15 is 0 Å². The fourth-order valence-corrected chi connectivity index (χ4v) is 2.74. The molecule has 0 aliphatic carbocycles. The van der Waals surface area contributed by atoms with Crippen molar-refractivity contribution in [3.8, 4) is 11.5 Å². The number of benzene rings is 2. The van der Waals surface area contributed by atoms with E-state index in [0.717, 1.165) is 6.07 Å². The first-order chi connectivity index (χ1) is 13.0. The lowest BCUT2D eigenvalue weighted by Crippen LogP contribution is -2.47. The van der Waals surface area contributed by atoms with Crippen molar-refractivity contribution < 1.29 is 23.5 Å². The van der Waals surface area contributed by atoms with Crippen LogP contribution < -0.4 is 20.1 Å². The summed E-state index contributed by atoms with van der Waals surface area (Å²) >= 11 is 0. The lowest BCUT2D eigenvalue weighted by molar-refractivity contribution is -0.120.